The summed E-state index contributed by atoms with van der Waals surface area (Å²) in [6.45, 7) is 0. The number of hydrogen-bond acceptors (Lipinski definition) is 5. The molecule has 2 aromatic rings. The largest absolute Gasteiger partial charge is 0.506 e. The van der Waals surface area contributed by atoms with Crippen LogP contribution >= 0.6 is 27.5 Å². The number of rotatable bonds is 5. The highest BCUT2D eigenvalue weighted by molar-refractivity contribution is 9.10. The first-order valence-electron chi connectivity index (χ1n) is 6.69. The van der Waals surface area contributed by atoms with Gasteiger partial charge in [0.1, 0.15) is 5.75 Å². The van der Waals surface area contributed by atoms with Gasteiger partial charge in [-0.15, -0.1) is 0 Å². The molecule has 8 heteroatoms. The minimum Gasteiger partial charge on any atom is -0.506 e. The zero-order valence-corrected chi connectivity index (χ0v) is 15.2. The molecule has 1 amide bonds. The van der Waals surface area contributed by atoms with Crippen molar-refractivity contribution >= 4 is 39.7 Å². The van der Waals surface area contributed by atoms with Crippen molar-refractivity contribution in [1.29, 1.82) is 0 Å². The third-order valence-electron chi connectivity index (χ3n) is 3.07. The van der Waals surface area contributed by atoms with E-state index in [9.17, 15) is 9.90 Å². The van der Waals surface area contributed by atoms with E-state index in [2.05, 4.69) is 26.5 Å². The summed E-state index contributed by atoms with van der Waals surface area (Å²) in [5.41, 5.74) is 3.08. The molecule has 0 aliphatic rings. The van der Waals surface area contributed by atoms with E-state index in [1.807, 2.05) is 0 Å². The lowest BCUT2D eigenvalue weighted by molar-refractivity contribution is 0.0954. The molecule has 0 aliphatic carbocycles. The van der Waals surface area contributed by atoms with Crippen LogP contribution in [0.4, 0.5) is 0 Å². The van der Waals surface area contributed by atoms with Crippen molar-refractivity contribution in [3.05, 3.63) is 51.0 Å². The van der Waals surface area contributed by atoms with E-state index < -0.39 is 5.91 Å². The molecule has 0 unspecified atom stereocenters. The maximum Gasteiger partial charge on any atom is 0.271 e. The minimum atomic E-state index is -0.437. The van der Waals surface area contributed by atoms with E-state index in [4.69, 9.17) is 21.1 Å². The molecule has 0 bridgehead atoms. The van der Waals surface area contributed by atoms with Crippen LogP contribution in [0.2, 0.25) is 5.02 Å². The Hall–Kier alpha value is -2.25. The lowest BCUT2D eigenvalue weighted by Crippen LogP contribution is -2.17. The second-order valence-electron chi connectivity index (χ2n) is 4.59. The van der Waals surface area contributed by atoms with Crippen LogP contribution in [-0.4, -0.2) is 31.4 Å². The predicted molar refractivity (Wildman–Crippen MR) is 95.4 cm³/mol. The highest BCUT2D eigenvalue weighted by atomic mass is 79.9. The van der Waals surface area contributed by atoms with Crippen molar-refractivity contribution in [2.45, 2.75) is 0 Å². The number of carbonyl (C=O) groups is 1. The van der Waals surface area contributed by atoms with Gasteiger partial charge < -0.3 is 14.6 Å². The van der Waals surface area contributed by atoms with E-state index in [1.54, 1.807) is 24.3 Å². The Kier molecular flexibility index (Phi) is 6.05. The SMILES string of the molecule is COc1ccc(C(=O)N/N=C/c2cc(Br)cc(Cl)c2O)cc1OC. The van der Waals surface area contributed by atoms with Gasteiger partial charge in [0.25, 0.3) is 5.91 Å². The fraction of sp³-hybridized carbons (Fsp3) is 0.125. The first kappa shape index (κ1) is 18.1. The number of methoxy groups -OCH3 is 2. The van der Waals surface area contributed by atoms with Crippen LogP contribution < -0.4 is 14.9 Å². The first-order chi connectivity index (χ1) is 11.5. The molecule has 2 rings (SSSR count). The quantitative estimate of drug-likeness (QED) is 0.580. The molecule has 0 heterocycles. The minimum absolute atomic E-state index is 0.121. The number of hydrazone groups is 1. The fourth-order valence-corrected chi connectivity index (χ4v) is 2.72. The van der Waals surface area contributed by atoms with Crippen LogP contribution in [0.5, 0.6) is 17.2 Å². The summed E-state index contributed by atoms with van der Waals surface area (Å²) in [6, 6.07) is 7.91. The second-order valence-corrected chi connectivity index (χ2v) is 5.92. The van der Waals surface area contributed by atoms with Gasteiger partial charge in [0, 0.05) is 15.6 Å². The zero-order valence-electron chi connectivity index (χ0n) is 12.8. The molecule has 2 N–H and O–H groups in total. The number of benzene rings is 2. The van der Waals surface area contributed by atoms with Crippen LogP contribution in [0, 0.1) is 0 Å². The molecule has 0 atom stereocenters. The van der Waals surface area contributed by atoms with Crippen molar-refractivity contribution in [1.82, 2.24) is 5.43 Å². The molecule has 2 aromatic carbocycles. The topological polar surface area (TPSA) is 80.2 Å². The van der Waals surface area contributed by atoms with Crippen molar-refractivity contribution in [2.75, 3.05) is 14.2 Å². The average Bonchev–Trinajstić information content (AvgIpc) is 2.58. The summed E-state index contributed by atoms with van der Waals surface area (Å²) in [7, 11) is 3.00. The number of hydrogen-bond donors (Lipinski definition) is 2. The van der Waals surface area contributed by atoms with Crippen molar-refractivity contribution in [3.63, 3.8) is 0 Å². The Morgan fingerprint density at radius 2 is 1.96 bits per heavy atom. The predicted octanol–water partition coefficient (Wildman–Crippen LogP) is 3.59. The van der Waals surface area contributed by atoms with Gasteiger partial charge in [-0.3, -0.25) is 4.79 Å². The maximum absolute atomic E-state index is 12.1. The number of phenolic OH excluding ortho intramolecular Hbond substituents is 1. The monoisotopic (exact) mass is 412 g/mol. The Balaban J connectivity index is 2.13. The van der Waals surface area contributed by atoms with E-state index in [0.29, 0.717) is 27.1 Å². The van der Waals surface area contributed by atoms with E-state index in [-0.39, 0.29) is 10.8 Å². The standard InChI is InChI=1S/C16H14BrClN2O4/c1-23-13-4-3-9(6-14(13)24-2)16(22)20-19-8-10-5-11(17)7-12(18)15(10)21/h3-8,21H,1-2H3,(H,20,22)/b19-8+. The van der Waals surface area contributed by atoms with E-state index in [1.165, 1.54) is 26.5 Å². The van der Waals surface area contributed by atoms with Gasteiger partial charge in [-0.05, 0) is 30.3 Å². The smallest absolute Gasteiger partial charge is 0.271 e. The highest BCUT2D eigenvalue weighted by Gasteiger charge is 2.10. The molecule has 0 radical (unpaired) electrons. The number of carbonyl (C=O) groups excluding carboxylic acids is 1. The van der Waals surface area contributed by atoms with Gasteiger partial charge in [-0.1, -0.05) is 27.5 Å². The summed E-state index contributed by atoms with van der Waals surface area (Å²) in [5.74, 6) is 0.397. The van der Waals surface area contributed by atoms with E-state index >= 15 is 0 Å². The molecule has 0 aliphatic heterocycles. The van der Waals surface area contributed by atoms with Crippen LogP contribution in [0.3, 0.4) is 0 Å². The summed E-state index contributed by atoms with van der Waals surface area (Å²) < 4.78 is 10.9. The lowest BCUT2D eigenvalue weighted by atomic mass is 10.2. The Morgan fingerprint density at radius 1 is 1.25 bits per heavy atom. The zero-order chi connectivity index (χ0) is 17.7. The summed E-state index contributed by atoms with van der Waals surface area (Å²) >= 11 is 9.13. The maximum atomic E-state index is 12.1. The van der Waals surface area contributed by atoms with Gasteiger partial charge in [0.05, 0.1) is 25.5 Å². The number of nitrogens with zero attached hydrogens (tertiary/aromatic N) is 1. The summed E-state index contributed by atoms with van der Waals surface area (Å²) in [6.07, 6.45) is 1.30. The van der Waals surface area contributed by atoms with Gasteiger partial charge in [-0.25, -0.2) is 5.43 Å². The van der Waals surface area contributed by atoms with Crippen molar-refractivity contribution < 1.29 is 19.4 Å². The van der Waals surface area contributed by atoms with Gasteiger partial charge >= 0.3 is 0 Å². The number of nitrogens with one attached hydrogen (secondary N) is 1. The summed E-state index contributed by atoms with van der Waals surface area (Å²) in [4.78, 5) is 12.1. The van der Waals surface area contributed by atoms with Crippen LogP contribution in [0.15, 0.2) is 39.9 Å². The molecule has 126 valence electrons. The van der Waals surface area contributed by atoms with Crippen LogP contribution in [-0.2, 0) is 0 Å². The molecular weight excluding hydrogens is 400 g/mol. The summed E-state index contributed by atoms with van der Waals surface area (Å²) in [5, 5.41) is 13.8. The Morgan fingerprint density at radius 3 is 2.62 bits per heavy atom. The number of ether oxygens (including phenoxy) is 2. The van der Waals surface area contributed by atoms with Crippen LogP contribution in [0.1, 0.15) is 15.9 Å². The van der Waals surface area contributed by atoms with Gasteiger partial charge in [-0.2, -0.15) is 5.10 Å². The second kappa shape index (κ2) is 8.03. The Bertz CT molecular complexity index is 796. The molecule has 6 nitrogen and oxygen atoms in total. The van der Waals surface area contributed by atoms with Crippen molar-refractivity contribution in [3.8, 4) is 17.2 Å². The van der Waals surface area contributed by atoms with E-state index in [0.717, 1.165) is 0 Å². The Labute approximate surface area is 152 Å². The molecule has 0 fully saturated rings. The molecule has 0 aromatic heterocycles. The van der Waals surface area contributed by atoms with Crippen LogP contribution in [0.25, 0.3) is 0 Å². The molecular formula is C16H14BrClN2O4. The average molecular weight is 414 g/mol. The molecule has 24 heavy (non-hydrogen) atoms. The normalized spacial score (nSPS) is 10.7. The number of amides is 1. The number of aromatic hydroxyl groups is 1. The van der Waals surface area contributed by atoms with Crippen molar-refractivity contribution in [2.24, 2.45) is 5.10 Å². The first-order valence-corrected chi connectivity index (χ1v) is 7.86. The number of halogens is 2. The van der Waals surface area contributed by atoms with Gasteiger partial charge in [0.15, 0.2) is 11.5 Å². The number of phenols is 1. The molecule has 0 saturated heterocycles. The third-order valence-corrected chi connectivity index (χ3v) is 3.82. The van der Waals surface area contributed by atoms with Gasteiger partial charge in [0.2, 0.25) is 0 Å². The third kappa shape index (κ3) is 4.18. The fourth-order valence-electron chi connectivity index (χ4n) is 1.89. The molecule has 0 saturated carbocycles. The highest BCUT2D eigenvalue weighted by Crippen LogP contribution is 2.30. The molecule has 0 spiro atoms. The lowest BCUT2D eigenvalue weighted by Gasteiger charge is -2.08.